The van der Waals surface area contributed by atoms with Gasteiger partial charge >= 0.3 is 6.03 Å². The molecule has 0 aromatic heterocycles. The molecule has 1 aromatic rings. The Morgan fingerprint density at radius 1 is 1.61 bits per heavy atom. The second-order valence-electron chi connectivity index (χ2n) is 4.50. The molecule has 0 unspecified atom stereocenters. The van der Waals surface area contributed by atoms with Crippen LogP contribution in [0.15, 0.2) is 18.2 Å². The molecular formula is C13H17FN2O2. The number of rotatable bonds is 3. The highest BCUT2D eigenvalue weighted by Gasteiger charge is 2.27. The number of carbonyl (C=O) groups is 1. The summed E-state index contributed by atoms with van der Waals surface area (Å²) in [6.45, 7) is 0.693. The normalized spacial score (nSPS) is 19.0. The van der Waals surface area contributed by atoms with Crippen LogP contribution in [0.25, 0.3) is 0 Å². The van der Waals surface area contributed by atoms with Crippen molar-refractivity contribution in [3.05, 3.63) is 29.6 Å². The Morgan fingerprint density at radius 2 is 2.39 bits per heavy atom. The predicted octanol–water partition coefficient (Wildman–Crippen LogP) is 1.92. The number of halogens is 1. The standard InChI is InChI=1S/C13H17FN2O2/c1-18-12-5-4-9(8-11(12)14)7-10-3-2-6-16(10)13(15)17/h4-5,8,10H,2-3,6-7H2,1H3,(H2,15,17)/t10-/m0/s1. The van der Waals surface area contributed by atoms with Crippen LogP contribution in [0.2, 0.25) is 0 Å². The summed E-state index contributed by atoms with van der Waals surface area (Å²) in [5.41, 5.74) is 6.16. The van der Waals surface area contributed by atoms with Gasteiger partial charge in [0, 0.05) is 12.6 Å². The van der Waals surface area contributed by atoms with Crippen molar-refractivity contribution in [2.24, 2.45) is 5.73 Å². The first-order valence-corrected chi connectivity index (χ1v) is 6.00. The van der Waals surface area contributed by atoms with Gasteiger partial charge in [-0.05, 0) is 37.0 Å². The fraction of sp³-hybridized carbons (Fsp3) is 0.462. The molecule has 5 heteroatoms. The van der Waals surface area contributed by atoms with Crippen molar-refractivity contribution in [3.8, 4) is 5.75 Å². The van der Waals surface area contributed by atoms with Gasteiger partial charge in [-0.1, -0.05) is 6.07 Å². The summed E-state index contributed by atoms with van der Waals surface area (Å²) < 4.78 is 18.4. The number of nitrogens with zero attached hydrogens (tertiary/aromatic N) is 1. The number of hydrogen-bond acceptors (Lipinski definition) is 2. The summed E-state index contributed by atoms with van der Waals surface area (Å²) >= 11 is 0. The maximum atomic E-state index is 13.5. The highest BCUT2D eigenvalue weighted by Crippen LogP contribution is 2.23. The number of hydrogen-bond donors (Lipinski definition) is 1. The fourth-order valence-corrected chi connectivity index (χ4v) is 2.45. The third-order valence-corrected chi connectivity index (χ3v) is 3.35. The Labute approximate surface area is 106 Å². The van der Waals surface area contributed by atoms with Crippen LogP contribution in [0.3, 0.4) is 0 Å². The molecule has 0 radical (unpaired) electrons. The van der Waals surface area contributed by atoms with Gasteiger partial charge in [-0.25, -0.2) is 9.18 Å². The molecule has 4 nitrogen and oxygen atoms in total. The maximum absolute atomic E-state index is 13.5. The van der Waals surface area contributed by atoms with E-state index in [0.29, 0.717) is 13.0 Å². The second-order valence-corrected chi connectivity index (χ2v) is 4.50. The largest absolute Gasteiger partial charge is 0.494 e. The van der Waals surface area contributed by atoms with Gasteiger partial charge in [-0.2, -0.15) is 0 Å². The van der Waals surface area contributed by atoms with Crippen LogP contribution in [0.4, 0.5) is 9.18 Å². The van der Waals surface area contributed by atoms with E-state index < -0.39 is 6.03 Å². The zero-order chi connectivity index (χ0) is 13.1. The van der Waals surface area contributed by atoms with Crippen molar-refractivity contribution in [3.63, 3.8) is 0 Å². The smallest absolute Gasteiger partial charge is 0.315 e. The van der Waals surface area contributed by atoms with Crippen LogP contribution < -0.4 is 10.5 Å². The molecule has 2 rings (SSSR count). The minimum atomic E-state index is -0.397. The van der Waals surface area contributed by atoms with Gasteiger partial charge in [0.05, 0.1) is 7.11 Å². The van der Waals surface area contributed by atoms with E-state index in [0.717, 1.165) is 18.4 Å². The molecule has 0 saturated carbocycles. The molecule has 1 fully saturated rings. The number of amides is 2. The highest BCUT2D eigenvalue weighted by molar-refractivity contribution is 5.72. The molecule has 0 bridgehead atoms. The average Bonchev–Trinajstić information content (AvgIpc) is 2.77. The Balaban J connectivity index is 2.09. The SMILES string of the molecule is COc1ccc(C[C@@H]2CCCN2C(N)=O)cc1F. The molecule has 1 aliphatic rings. The lowest BCUT2D eigenvalue weighted by Crippen LogP contribution is -2.40. The first-order chi connectivity index (χ1) is 8.61. The molecule has 1 heterocycles. The van der Waals surface area contributed by atoms with E-state index >= 15 is 0 Å². The Morgan fingerprint density at radius 3 is 3.00 bits per heavy atom. The topological polar surface area (TPSA) is 55.6 Å². The first-order valence-electron chi connectivity index (χ1n) is 6.00. The molecule has 98 valence electrons. The summed E-state index contributed by atoms with van der Waals surface area (Å²) in [5, 5.41) is 0. The van der Waals surface area contributed by atoms with Gasteiger partial charge in [0.15, 0.2) is 11.6 Å². The van der Waals surface area contributed by atoms with E-state index in [-0.39, 0.29) is 17.6 Å². The zero-order valence-corrected chi connectivity index (χ0v) is 10.4. The van der Waals surface area contributed by atoms with E-state index in [4.69, 9.17) is 10.5 Å². The van der Waals surface area contributed by atoms with Crippen LogP contribution in [0.1, 0.15) is 18.4 Å². The second kappa shape index (κ2) is 5.25. The van der Waals surface area contributed by atoms with Crippen molar-refractivity contribution in [1.29, 1.82) is 0 Å². The Bertz CT molecular complexity index is 451. The summed E-state index contributed by atoms with van der Waals surface area (Å²) in [6.07, 6.45) is 2.49. The molecule has 2 N–H and O–H groups in total. The number of nitrogens with two attached hydrogens (primary N) is 1. The molecule has 18 heavy (non-hydrogen) atoms. The molecule has 0 spiro atoms. The first kappa shape index (κ1) is 12.7. The monoisotopic (exact) mass is 252 g/mol. The van der Waals surface area contributed by atoms with Crippen molar-refractivity contribution < 1.29 is 13.9 Å². The Hall–Kier alpha value is -1.78. The molecular weight excluding hydrogens is 235 g/mol. The molecule has 1 saturated heterocycles. The van der Waals surface area contributed by atoms with Gasteiger partial charge in [0.1, 0.15) is 0 Å². The van der Waals surface area contributed by atoms with E-state index in [9.17, 15) is 9.18 Å². The van der Waals surface area contributed by atoms with Crippen LogP contribution in [0.5, 0.6) is 5.75 Å². The van der Waals surface area contributed by atoms with Crippen molar-refractivity contribution in [1.82, 2.24) is 4.90 Å². The molecule has 1 atom stereocenters. The number of carbonyl (C=O) groups excluding carboxylic acids is 1. The van der Waals surface area contributed by atoms with E-state index in [1.165, 1.54) is 13.2 Å². The minimum Gasteiger partial charge on any atom is -0.494 e. The van der Waals surface area contributed by atoms with Crippen LogP contribution >= 0.6 is 0 Å². The summed E-state index contributed by atoms with van der Waals surface area (Å²) in [7, 11) is 1.43. The van der Waals surface area contributed by atoms with Gasteiger partial charge in [-0.15, -0.1) is 0 Å². The fourth-order valence-electron chi connectivity index (χ4n) is 2.45. The average molecular weight is 252 g/mol. The summed E-state index contributed by atoms with van der Waals surface area (Å²) in [4.78, 5) is 12.9. The third-order valence-electron chi connectivity index (χ3n) is 3.35. The van der Waals surface area contributed by atoms with Gasteiger partial charge in [-0.3, -0.25) is 0 Å². The van der Waals surface area contributed by atoms with Crippen molar-refractivity contribution in [2.45, 2.75) is 25.3 Å². The van der Waals surface area contributed by atoms with E-state index in [2.05, 4.69) is 0 Å². The molecule has 0 aliphatic carbocycles. The van der Waals surface area contributed by atoms with E-state index in [1.54, 1.807) is 11.0 Å². The van der Waals surface area contributed by atoms with Gasteiger partial charge in [0.25, 0.3) is 0 Å². The van der Waals surface area contributed by atoms with Crippen molar-refractivity contribution >= 4 is 6.03 Å². The van der Waals surface area contributed by atoms with Crippen LogP contribution in [-0.2, 0) is 6.42 Å². The highest BCUT2D eigenvalue weighted by atomic mass is 19.1. The lowest BCUT2D eigenvalue weighted by atomic mass is 10.0. The zero-order valence-electron chi connectivity index (χ0n) is 10.4. The van der Waals surface area contributed by atoms with Gasteiger partial charge in [0.2, 0.25) is 0 Å². The number of urea groups is 1. The van der Waals surface area contributed by atoms with Crippen molar-refractivity contribution in [2.75, 3.05) is 13.7 Å². The summed E-state index contributed by atoms with van der Waals surface area (Å²) in [6, 6.07) is 4.56. The van der Waals surface area contributed by atoms with Crippen LogP contribution in [-0.4, -0.2) is 30.6 Å². The molecule has 2 amide bonds. The summed E-state index contributed by atoms with van der Waals surface area (Å²) in [5.74, 6) is -0.143. The Kier molecular flexibility index (Phi) is 3.69. The third kappa shape index (κ3) is 2.55. The van der Waals surface area contributed by atoms with E-state index in [1.807, 2.05) is 6.07 Å². The van der Waals surface area contributed by atoms with Gasteiger partial charge < -0.3 is 15.4 Å². The number of benzene rings is 1. The maximum Gasteiger partial charge on any atom is 0.315 e. The number of likely N-dealkylation sites (tertiary alicyclic amines) is 1. The lowest BCUT2D eigenvalue weighted by Gasteiger charge is -2.22. The molecule has 1 aromatic carbocycles. The van der Waals surface area contributed by atoms with Crippen LogP contribution in [0, 0.1) is 5.82 Å². The predicted molar refractivity (Wildman–Crippen MR) is 66.0 cm³/mol. The quantitative estimate of drug-likeness (QED) is 0.893. The minimum absolute atomic E-state index is 0.0790. The lowest BCUT2D eigenvalue weighted by molar-refractivity contribution is 0.202. The number of ether oxygens (including phenoxy) is 1. The number of primary amides is 1. The molecule has 1 aliphatic heterocycles. The number of methoxy groups -OCH3 is 1.